The normalized spacial score (nSPS) is 11.8. The van der Waals surface area contributed by atoms with Gasteiger partial charge in [0.05, 0.1) is 11.3 Å². The van der Waals surface area contributed by atoms with E-state index >= 15 is 0 Å². The van der Waals surface area contributed by atoms with E-state index in [9.17, 15) is 0 Å². The van der Waals surface area contributed by atoms with Crippen LogP contribution in [-0.2, 0) is 6.54 Å². The molecule has 2 rings (SSSR count). The van der Waals surface area contributed by atoms with Crippen molar-refractivity contribution >= 4 is 11.8 Å². The van der Waals surface area contributed by atoms with Gasteiger partial charge in [0.25, 0.3) is 0 Å². The molecule has 0 amide bonds. The molecule has 96 valence electrons. The van der Waals surface area contributed by atoms with Gasteiger partial charge < -0.3 is 0 Å². The van der Waals surface area contributed by atoms with Gasteiger partial charge in [-0.3, -0.25) is 9.55 Å². The summed E-state index contributed by atoms with van der Waals surface area (Å²) < 4.78 is 1.95. The van der Waals surface area contributed by atoms with Gasteiger partial charge in [-0.1, -0.05) is 17.8 Å². The number of thioether (sulfide) groups is 1. The van der Waals surface area contributed by atoms with Crippen LogP contribution in [0.25, 0.3) is 11.4 Å². The smallest absolute Gasteiger partial charge is 0.193 e. The summed E-state index contributed by atoms with van der Waals surface area (Å²) in [6.45, 7) is 6.19. The maximum absolute atomic E-state index is 8.88. The highest BCUT2D eigenvalue weighted by Gasteiger charge is 2.15. The van der Waals surface area contributed by atoms with Crippen molar-refractivity contribution in [1.29, 1.82) is 5.26 Å². The molecule has 0 spiro atoms. The first-order chi connectivity index (χ1) is 9.26. The van der Waals surface area contributed by atoms with Gasteiger partial charge in [0, 0.05) is 24.5 Å². The quantitative estimate of drug-likeness (QED) is 0.617. The highest BCUT2D eigenvalue weighted by molar-refractivity contribution is 8.00. The minimum Gasteiger partial charge on any atom is -0.298 e. The van der Waals surface area contributed by atoms with Crippen LogP contribution in [-0.4, -0.2) is 25.0 Å². The summed E-state index contributed by atoms with van der Waals surface area (Å²) in [5, 5.41) is 17.8. The minimum absolute atomic E-state index is 0.168. The molecule has 0 bridgehead atoms. The number of aromatic nitrogens is 4. The van der Waals surface area contributed by atoms with Gasteiger partial charge in [-0.25, -0.2) is 0 Å². The molecular formula is C13H13N5S. The molecule has 1 atom stereocenters. The molecule has 19 heavy (non-hydrogen) atoms. The summed E-state index contributed by atoms with van der Waals surface area (Å²) >= 11 is 1.39. The van der Waals surface area contributed by atoms with Crippen molar-refractivity contribution in [3.05, 3.63) is 37.2 Å². The summed E-state index contributed by atoms with van der Waals surface area (Å²) in [5.74, 6) is 0.759. The summed E-state index contributed by atoms with van der Waals surface area (Å²) in [6, 6.07) is 5.94. The molecule has 0 saturated heterocycles. The Labute approximate surface area is 116 Å². The lowest BCUT2D eigenvalue weighted by Gasteiger charge is -2.07. The number of hydrogen-bond donors (Lipinski definition) is 0. The number of nitrogens with zero attached hydrogens (tertiary/aromatic N) is 5. The van der Waals surface area contributed by atoms with Crippen molar-refractivity contribution < 1.29 is 0 Å². The first kappa shape index (κ1) is 13.3. The Balaban J connectivity index is 2.40. The van der Waals surface area contributed by atoms with E-state index in [0.717, 1.165) is 16.5 Å². The largest absolute Gasteiger partial charge is 0.298 e. The molecular weight excluding hydrogens is 258 g/mol. The lowest BCUT2D eigenvalue weighted by atomic mass is 10.2. The molecule has 2 aromatic rings. The van der Waals surface area contributed by atoms with E-state index in [-0.39, 0.29) is 5.25 Å². The average molecular weight is 271 g/mol. The first-order valence-corrected chi connectivity index (χ1v) is 6.65. The molecule has 5 nitrogen and oxygen atoms in total. The summed E-state index contributed by atoms with van der Waals surface area (Å²) in [4.78, 5) is 3.99. The molecule has 0 radical (unpaired) electrons. The zero-order valence-corrected chi connectivity index (χ0v) is 11.3. The van der Waals surface area contributed by atoms with E-state index in [4.69, 9.17) is 5.26 Å². The molecule has 0 aliphatic heterocycles. The van der Waals surface area contributed by atoms with Crippen molar-refractivity contribution in [3.63, 3.8) is 0 Å². The van der Waals surface area contributed by atoms with Crippen LogP contribution in [0.3, 0.4) is 0 Å². The Bertz CT molecular complexity index is 599. The van der Waals surface area contributed by atoms with Gasteiger partial charge in [-0.15, -0.1) is 16.8 Å². The number of rotatable bonds is 5. The molecule has 0 aliphatic carbocycles. The highest BCUT2D eigenvalue weighted by atomic mass is 32.2. The number of hydrogen-bond acceptors (Lipinski definition) is 5. The fourth-order valence-electron chi connectivity index (χ4n) is 1.57. The predicted octanol–water partition coefficient (Wildman–Crippen LogP) is 2.53. The van der Waals surface area contributed by atoms with Gasteiger partial charge in [0.15, 0.2) is 11.0 Å². The molecule has 1 unspecified atom stereocenters. The van der Waals surface area contributed by atoms with Gasteiger partial charge in [-0.2, -0.15) is 5.26 Å². The second-order valence-corrected chi connectivity index (χ2v) is 5.14. The third kappa shape index (κ3) is 3.01. The maximum atomic E-state index is 8.88. The molecule has 0 N–H and O–H groups in total. The second kappa shape index (κ2) is 6.16. The van der Waals surface area contributed by atoms with E-state index in [1.807, 2.05) is 23.6 Å². The van der Waals surface area contributed by atoms with Crippen LogP contribution in [0.1, 0.15) is 6.92 Å². The zero-order valence-electron chi connectivity index (χ0n) is 10.5. The average Bonchev–Trinajstić information content (AvgIpc) is 2.83. The monoisotopic (exact) mass is 271 g/mol. The fraction of sp³-hybridized carbons (Fsp3) is 0.231. The van der Waals surface area contributed by atoms with E-state index in [1.54, 1.807) is 18.5 Å². The first-order valence-electron chi connectivity index (χ1n) is 5.77. The molecule has 0 saturated carbocycles. The Morgan fingerprint density at radius 1 is 1.47 bits per heavy atom. The fourth-order valence-corrected chi connectivity index (χ4v) is 2.31. The Hall–Kier alpha value is -2.13. The van der Waals surface area contributed by atoms with Crippen LogP contribution in [0.4, 0.5) is 0 Å². The highest BCUT2D eigenvalue weighted by Crippen LogP contribution is 2.26. The SMILES string of the molecule is C=CCn1c(SC(C)C#N)nnc1-c1ccncc1. The molecule has 0 fully saturated rings. The Kier molecular flexibility index (Phi) is 4.31. The standard InChI is InChI=1S/C13H13N5S/c1-3-8-18-12(11-4-6-15-7-5-11)16-17-13(18)19-10(2)9-14/h3-7,10H,1,8H2,2H3. The van der Waals surface area contributed by atoms with Crippen molar-refractivity contribution in [2.75, 3.05) is 0 Å². The van der Waals surface area contributed by atoms with Crippen LogP contribution in [0.2, 0.25) is 0 Å². The minimum atomic E-state index is -0.168. The lowest BCUT2D eigenvalue weighted by Crippen LogP contribution is -2.02. The van der Waals surface area contributed by atoms with Crippen molar-refractivity contribution in [1.82, 2.24) is 19.7 Å². The topological polar surface area (TPSA) is 67.4 Å². The Morgan fingerprint density at radius 3 is 2.84 bits per heavy atom. The summed E-state index contributed by atoms with van der Waals surface area (Å²) in [6.07, 6.45) is 5.22. The molecule has 6 heteroatoms. The van der Waals surface area contributed by atoms with Crippen molar-refractivity contribution in [2.24, 2.45) is 0 Å². The third-order valence-electron chi connectivity index (χ3n) is 2.43. The van der Waals surface area contributed by atoms with Crippen LogP contribution >= 0.6 is 11.8 Å². The molecule has 2 aromatic heterocycles. The van der Waals surface area contributed by atoms with Crippen LogP contribution in [0.5, 0.6) is 0 Å². The number of nitriles is 1. The van der Waals surface area contributed by atoms with E-state index < -0.39 is 0 Å². The number of pyridine rings is 1. The van der Waals surface area contributed by atoms with E-state index in [0.29, 0.717) is 6.54 Å². The second-order valence-electron chi connectivity index (χ2n) is 3.83. The zero-order chi connectivity index (χ0) is 13.7. The van der Waals surface area contributed by atoms with E-state index in [1.165, 1.54) is 11.8 Å². The van der Waals surface area contributed by atoms with E-state index in [2.05, 4.69) is 27.8 Å². The van der Waals surface area contributed by atoms with Gasteiger partial charge in [0.2, 0.25) is 0 Å². The summed E-state index contributed by atoms with van der Waals surface area (Å²) in [5.41, 5.74) is 0.945. The number of allylic oxidation sites excluding steroid dienone is 1. The maximum Gasteiger partial charge on any atom is 0.193 e. The van der Waals surface area contributed by atoms with Gasteiger partial charge in [0.1, 0.15) is 0 Å². The molecule has 0 aliphatic rings. The molecule has 0 aromatic carbocycles. The summed E-state index contributed by atoms with van der Waals surface area (Å²) in [7, 11) is 0. The molecule has 2 heterocycles. The van der Waals surface area contributed by atoms with Crippen molar-refractivity contribution in [3.8, 4) is 17.5 Å². The van der Waals surface area contributed by atoms with Gasteiger partial charge in [-0.05, 0) is 19.1 Å². The predicted molar refractivity (Wildman–Crippen MR) is 74.4 cm³/mol. The van der Waals surface area contributed by atoms with Crippen LogP contribution in [0.15, 0.2) is 42.3 Å². The van der Waals surface area contributed by atoms with Crippen LogP contribution < -0.4 is 0 Å². The third-order valence-corrected chi connectivity index (χ3v) is 3.40. The lowest BCUT2D eigenvalue weighted by molar-refractivity contribution is 0.730. The van der Waals surface area contributed by atoms with Crippen molar-refractivity contribution in [2.45, 2.75) is 23.9 Å². The Morgan fingerprint density at radius 2 is 2.21 bits per heavy atom. The van der Waals surface area contributed by atoms with Crippen LogP contribution in [0, 0.1) is 11.3 Å². The van der Waals surface area contributed by atoms with Gasteiger partial charge >= 0.3 is 0 Å².